The zero-order valence-corrected chi connectivity index (χ0v) is 15.2. The molecule has 1 fully saturated rings. The second-order valence-corrected chi connectivity index (χ2v) is 6.84. The van der Waals surface area contributed by atoms with E-state index in [1.165, 1.54) is 28.0 Å². The van der Waals surface area contributed by atoms with E-state index >= 15 is 0 Å². The molecule has 1 aliphatic heterocycles. The van der Waals surface area contributed by atoms with Gasteiger partial charge in [-0.2, -0.15) is 0 Å². The smallest absolute Gasteiger partial charge is 0.242 e. The van der Waals surface area contributed by atoms with Crippen molar-refractivity contribution in [3.05, 3.63) is 52.3 Å². The van der Waals surface area contributed by atoms with E-state index in [2.05, 4.69) is 0 Å². The van der Waals surface area contributed by atoms with Crippen LogP contribution in [-0.4, -0.2) is 46.9 Å². The van der Waals surface area contributed by atoms with Crippen LogP contribution >= 0.6 is 11.6 Å². The van der Waals surface area contributed by atoms with Crippen molar-refractivity contribution in [1.82, 2.24) is 9.80 Å². The molecule has 0 radical (unpaired) electrons. The monoisotopic (exact) mass is 376 g/mol. The number of piperazine rings is 1. The van der Waals surface area contributed by atoms with Crippen molar-refractivity contribution < 1.29 is 19.1 Å². The lowest BCUT2D eigenvalue weighted by atomic mass is 9.99. The topological polar surface area (TPSA) is 60.9 Å². The summed E-state index contributed by atoms with van der Waals surface area (Å²) in [5.74, 6) is -0.896. The molecule has 1 heterocycles. The zero-order valence-electron chi connectivity index (χ0n) is 14.4. The largest absolute Gasteiger partial charge is 0.507 e. The Hall–Kier alpha value is -2.60. The molecule has 7 heteroatoms. The molecule has 0 unspecified atom stereocenters. The van der Waals surface area contributed by atoms with Gasteiger partial charge in [0, 0.05) is 29.7 Å². The van der Waals surface area contributed by atoms with Crippen LogP contribution in [0.4, 0.5) is 4.39 Å². The fraction of sp³-hybridized carbons (Fsp3) is 0.263. The van der Waals surface area contributed by atoms with Crippen molar-refractivity contribution in [3.8, 4) is 16.9 Å². The highest BCUT2D eigenvalue weighted by atomic mass is 35.5. The van der Waals surface area contributed by atoms with E-state index in [4.69, 9.17) is 11.6 Å². The van der Waals surface area contributed by atoms with Gasteiger partial charge in [0.15, 0.2) is 0 Å². The summed E-state index contributed by atoms with van der Waals surface area (Å²) in [7, 11) is 1.58. The van der Waals surface area contributed by atoms with Gasteiger partial charge in [-0.1, -0.05) is 17.7 Å². The minimum atomic E-state index is -0.509. The fourth-order valence-corrected chi connectivity index (χ4v) is 3.05. The molecule has 0 bridgehead atoms. The molecule has 0 spiro atoms. The van der Waals surface area contributed by atoms with Crippen LogP contribution in [0.2, 0.25) is 5.02 Å². The SMILES string of the molecule is Cc1cc(O)c(-c2cc(CN3CC(=O)N(C)CC3=O)ccc2F)cc1Cl. The highest BCUT2D eigenvalue weighted by Gasteiger charge is 2.27. The van der Waals surface area contributed by atoms with E-state index < -0.39 is 5.82 Å². The fourth-order valence-electron chi connectivity index (χ4n) is 2.89. The highest BCUT2D eigenvalue weighted by molar-refractivity contribution is 6.31. The molecule has 26 heavy (non-hydrogen) atoms. The normalized spacial score (nSPS) is 14.9. The van der Waals surface area contributed by atoms with Gasteiger partial charge in [0.05, 0.1) is 6.54 Å². The summed E-state index contributed by atoms with van der Waals surface area (Å²) in [6.07, 6.45) is 0. The molecule has 0 atom stereocenters. The Bertz CT molecular complexity index is 901. The van der Waals surface area contributed by atoms with E-state index in [1.807, 2.05) is 0 Å². The summed E-state index contributed by atoms with van der Waals surface area (Å²) < 4.78 is 14.3. The van der Waals surface area contributed by atoms with Crippen LogP contribution in [-0.2, 0) is 16.1 Å². The van der Waals surface area contributed by atoms with Crippen molar-refractivity contribution in [2.24, 2.45) is 0 Å². The summed E-state index contributed by atoms with van der Waals surface area (Å²) in [6, 6.07) is 7.39. The van der Waals surface area contributed by atoms with Gasteiger partial charge in [-0.05, 0) is 42.3 Å². The van der Waals surface area contributed by atoms with E-state index in [0.29, 0.717) is 16.1 Å². The van der Waals surface area contributed by atoms with Crippen LogP contribution in [0.15, 0.2) is 30.3 Å². The number of carbonyl (C=O) groups is 2. The molecule has 2 aromatic carbocycles. The summed E-state index contributed by atoms with van der Waals surface area (Å²) in [5.41, 5.74) is 1.81. The summed E-state index contributed by atoms with van der Waals surface area (Å²) >= 11 is 6.10. The van der Waals surface area contributed by atoms with Gasteiger partial charge in [-0.25, -0.2) is 4.39 Å². The predicted molar refractivity (Wildman–Crippen MR) is 96.3 cm³/mol. The first-order chi connectivity index (χ1) is 12.3. The van der Waals surface area contributed by atoms with Crippen LogP contribution in [0.5, 0.6) is 5.75 Å². The number of aryl methyl sites for hydroxylation is 1. The maximum atomic E-state index is 14.3. The Balaban J connectivity index is 1.93. The summed E-state index contributed by atoms with van der Waals surface area (Å²) in [5, 5.41) is 10.6. The first kappa shape index (κ1) is 18.2. The van der Waals surface area contributed by atoms with Gasteiger partial charge >= 0.3 is 0 Å². The quantitative estimate of drug-likeness (QED) is 0.895. The van der Waals surface area contributed by atoms with Gasteiger partial charge in [0.25, 0.3) is 0 Å². The second-order valence-electron chi connectivity index (χ2n) is 6.43. The first-order valence-corrected chi connectivity index (χ1v) is 8.43. The molecule has 3 rings (SSSR count). The van der Waals surface area contributed by atoms with Crippen LogP contribution in [0.25, 0.3) is 11.1 Å². The van der Waals surface area contributed by atoms with Gasteiger partial charge in [-0.15, -0.1) is 0 Å². The molecule has 0 saturated carbocycles. The highest BCUT2D eigenvalue weighted by Crippen LogP contribution is 2.35. The maximum Gasteiger partial charge on any atom is 0.242 e. The number of phenols is 1. The molecular formula is C19H18ClFN2O3. The first-order valence-electron chi connectivity index (χ1n) is 8.06. The third-order valence-corrected chi connectivity index (χ3v) is 4.86. The van der Waals surface area contributed by atoms with Gasteiger partial charge < -0.3 is 14.9 Å². The van der Waals surface area contributed by atoms with Crippen molar-refractivity contribution in [1.29, 1.82) is 0 Å². The second kappa shape index (κ2) is 6.96. The van der Waals surface area contributed by atoms with E-state index in [1.54, 1.807) is 26.1 Å². The van der Waals surface area contributed by atoms with Gasteiger partial charge in [-0.3, -0.25) is 9.59 Å². The molecule has 1 N–H and O–H groups in total. The van der Waals surface area contributed by atoms with Crippen molar-refractivity contribution >= 4 is 23.4 Å². The number of hydrogen-bond donors (Lipinski definition) is 1. The molecule has 1 aliphatic rings. The maximum absolute atomic E-state index is 14.3. The minimum Gasteiger partial charge on any atom is -0.507 e. The van der Waals surface area contributed by atoms with Crippen molar-refractivity contribution in [3.63, 3.8) is 0 Å². The van der Waals surface area contributed by atoms with Gasteiger partial charge in [0.2, 0.25) is 11.8 Å². The Kier molecular flexibility index (Phi) is 4.87. The third kappa shape index (κ3) is 3.51. The van der Waals surface area contributed by atoms with Crippen LogP contribution in [0.3, 0.4) is 0 Å². The number of amides is 2. The van der Waals surface area contributed by atoms with E-state index in [0.717, 1.165) is 0 Å². The Morgan fingerprint density at radius 3 is 2.58 bits per heavy atom. The molecule has 136 valence electrons. The number of nitrogens with zero attached hydrogens (tertiary/aromatic N) is 2. The third-order valence-electron chi connectivity index (χ3n) is 4.45. The Morgan fingerprint density at radius 2 is 1.85 bits per heavy atom. The zero-order chi connectivity index (χ0) is 19.0. The number of aromatic hydroxyl groups is 1. The number of likely N-dealkylation sites (N-methyl/N-ethyl adjacent to an activating group) is 1. The Labute approximate surface area is 155 Å². The summed E-state index contributed by atoms with van der Waals surface area (Å²) in [4.78, 5) is 26.7. The number of carbonyl (C=O) groups excluding carboxylic acids is 2. The average molecular weight is 377 g/mol. The number of rotatable bonds is 3. The molecule has 1 saturated heterocycles. The number of halogens is 2. The molecule has 2 amide bonds. The number of hydrogen-bond acceptors (Lipinski definition) is 3. The standard InChI is InChI=1S/C19H18ClFN2O3/c1-11-5-17(24)14(7-15(11)20)13-6-12(3-4-16(13)21)8-23-10-18(25)22(2)9-19(23)26/h3-7,24H,8-10H2,1-2H3. The molecule has 2 aromatic rings. The number of phenolic OH excluding ortho intramolecular Hbond substituents is 1. The number of benzene rings is 2. The van der Waals surface area contributed by atoms with Crippen LogP contribution < -0.4 is 0 Å². The van der Waals surface area contributed by atoms with Crippen LogP contribution in [0, 0.1) is 12.7 Å². The molecule has 5 nitrogen and oxygen atoms in total. The Morgan fingerprint density at radius 1 is 1.12 bits per heavy atom. The molecule has 0 aromatic heterocycles. The van der Waals surface area contributed by atoms with Crippen molar-refractivity contribution in [2.75, 3.05) is 20.1 Å². The lowest BCUT2D eigenvalue weighted by Gasteiger charge is -2.31. The summed E-state index contributed by atoms with van der Waals surface area (Å²) in [6.45, 7) is 1.95. The van der Waals surface area contributed by atoms with Crippen LogP contribution in [0.1, 0.15) is 11.1 Å². The average Bonchev–Trinajstić information content (AvgIpc) is 2.58. The van der Waals surface area contributed by atoms with E-state index in [-0.39, 0.29) is 48.3 Å². The lowest BCUT2D eigenvalue weighted by Crippen LogP contribution is -2.51. The molecule has 0 aliphatic carbocycles. The predicted octanol–water partition coefficient (Wildman–Crippen LogP) is 2.96. The molecular weight excluding hydrogens is 359 g/mol. The minimum absolute atomic E-state index is 0.0103. The lowest BCUT2D eigenvalue weighted by molar-refractivity contribution is -0.149. The van der Waals surface area contributed by atoms with Crippen molar-refractivity contribution in [2.45, 2.75) is 13.5 Å². The van der Waals surface area contributed by atoms with Gasteiger partial charge in [0.1, 0.15) is 18.1 Å². The van der Waals surface area contributed by atoms with E-state index in [9.17, 15) is 19.1 Å².